The highest BCUT2D eigenvalue weighted by atomic mass is 35.5. The van der Waals surface area contributed by atoms with E-state index in [2.05, 4.69) is 15.4 Å². The average molecular weight is 368 g/mol. The predicted octanol–water partition coefficient (Wildman–Crippen LogP) is 2.57. The van der Waals surface area contributed by atoms with Crippen molar-refractivity contribution in [2.75, 3.05) is 19.6 Å². The molecule has 0 unspecified atom stereocenters. The van der Waals surface area contributed by atoms with Gasteiger partial charge in [-0.1, -0.05) is 36.2 Å². The summed E-state index contributed by atoms with van der Waals surface area (Å²) in [5, 5.41) is 8.61. The Balaban J connectivity index is 2.00. The van der Waals surface area contributed by atoms with Crippen molar-refractivity contribution in [3.8, 4) is 5.69 Å². The number of piperazine rings is 1. The van der Waals surface area contributed by atoms with Crippen LogP contribution in [0.2, 0.25) is 10.0 Å². The Morgan fingerprint density at radius 3 is 2.71 bits per heavy atom. The number of carbonyl (C=O) groups is 1. The highest BCUT2D eigenvalue weighted by Gasteiger charge is 2.28. The number of nitrogens with zero attached hydrogens (tertiary/aromatic N) is 4. The number of rotatable bonds is 3. The number of hydrogen-bond donors (Lipinski definition) is 1. The van der Waals surface area contributed by atoms with Gasteiger partial charge in [-0.2, -0.15) is 0 Å². The quantitative estimate of drug-likeness (QED) is 0.905. The first-order valence-electron chi connectivity index (χ1n) is 7.95. The van der Waals surface area contributed by atoms with Gasteiger partial charge in [0.05, 0.1) is 10.0 Å². The van der Waals surface area contributed by atoms with Gasteiger partial charge in [0.2, 0.25) is 5.82 Å². The maximum Gasteiger partial charge on any atom is 0.293 e. The topological polar surface area (TPSA) is 63.1 Å². The van der Waals surface area contributed by atoms with Crippen LogP contribution in [0, 0.1) is 0 Å². The van der Waals surface area contributed by atoms with E-state index < -0.39 is 0 Å². The largest absolute Gasteiger partial charge is 0.331 e. The van der Waals surface area contributed by atoms with Crippen LogP contribution >= 0.6 is 23.2 Å². The van der Waals surface area contributed by atoms with Gasteiger partial charge in [-0.3, -0.25) is 4.79 Å². The van der Waals surface area contributed by atoms with Gasteiger partial charge in [0.25, 0.3) is 5.91 Å². The van der Waals surface area contributed by atoms with Crippen LogP contribution in [0.1, 0.15) is 30.3 Å². The van der Waals surface area contributed by atoms with Crippen molar-refractivity contribution >= 4 is 29.1 Å². The molecule has 1 aromatic carbocycles. The van der Waals surface area contributed by atoms with Crippen LogP contribution in [0.5, 0.6) is 0 Å². The number of amides is 1. The highest BCUT2D eigenvalue weighted by Crippen LogP contribution is 2.29. The summed E-state index contributed by atoms with van der Waals surface area (Å²) < 4.78 is 1.57. The predicted molar refractivity (Wildman–Crippen MR) is 94.1 cm³/mol. The average Bonchev–Trinajstić information content (AvgIpc) is 2.98. The minimum absolute atomic E-state index is 0.104. The molecule has 0 bridgehead atoms. The molecule has 1 atom stereocenters. The van der Waals surface area contributed by atoms with Crippen LogP contribution in [0.15, 0.2) is 18.2 Å². The van der Waals surface area contributed by atoms with Crippen LogP contribution in [0.4, 0.5) is 0 Å². The zero-order valence-corrected chi connectivity index (χ0v) is 15.1. The van der Waals surface area contributed by atoms with E-state index in [9.17, 15) is 4.79 Å². The molecule has 0 aliphatic carbocycles. The molecule has 0 saturated carbocycles. The van der Waals surface area contributed by atoms with Gasteiger partial charge in [0.15, 0.2) is 0 Å². The van der Waals surface area contributed by atoms with Crippen molar-refractivity contribution in [2.45, 2.75) is 26.3 Å². The molecule has 0 spiro atoms. The van der Waals surface area contributed by atoms with Crippen molar-refractivity contribution in [2.24, 2.45) is 0 Å². The Hall–Kier alpha value is -1.63. The molecule has 3 rings (SSSR count). The molecule has 1 N–H and O–H groups in total. The summed E-state index contributed by atoms with van der Waals surface area (Å²) in [7, 11) is 0. The van der Waals surface area contributed by atoms with Crippen molar-refractivity contribution in [3.05, 3.63) is 39.9 Å². The number of para-hydroxylation sites is 1. The van der Waals surface area contributed by atoms with E-state index in [0.29, 0.717) is 34.5 Å². The Morgan fingerprint density at radius 2 is 2.08 bits per heavy atom. The van der Waals surface area contributed by atoms with E-state index in [1.807, 2.05) is 13.8 Å². The van der Waals surface area contributed by atoms with E-state index in [0.717, 1.165) is 13.1 Å². The maximum absolute atomic E-state index is 12.8. The molecular formula is C16H19Cl2N5O. The van der Waals surface area contributed by atoms with Gasteiger partial charge in [-0.15, -0.1) is 5.10 Å². The van der Waals surface area contributed by atoms with E-state index in [1.54, 1.807) is 27.8 Å². The molecule has 24 heavy (non-hydrogen) atoms. The van der Waals surface area contributed by atoms with Crippen molar-refractivity contribution in [1.29, 1.82) is 0 Å². The number of halogens is 2. The normalized spacial score (nSPS) is 18.0. The third-order valence-corrected chi connectivity index (χ3v) is 4.70. The first kappa shape index (κ1) is 17.2. The SMILES string of the molecule is CCc1nc(C(=O)N2CCNC[C@H]2C)nn1-c1c(Cl)cccc1Cl. The molecule has 8 heteroatoms. The van der Waals surface area contributed by atoms with Gasteiger partial charge in [0.1, 0.15) is 11.5 Å². The van der Waals surface area contributed by atoms with Gasteiger partial charge >= 0.3 is 0 Å². The summed E-state index contributed by atoms with van der Waals surface area (Å²) >= 11 is 12.6. The molecule has 128 valence electrons. The molecule has 1 aliphatic heterocycles. The molecular weight excluding hydrogens is 349 g/mol. The lowest BCUT2D eigenvalue weighted by molar-refractivity contribution is 0.0643. The fourth-order valence-electron chi connectivity index (χ4n) is 2.81. The van der Waals surface area contributed by atoms with Crippen LogP contribution in [-0.2, 0) is 6.42 Å². The molecule has 0 radical (unpaired) electrons. The molecule has 1 fully saturated rings. The summed E-state index contributed by atoms with van der Waals surface area (Å²) in [5.41, 5.74) is 0.553. The smallest absolute Gasteiger partial charge is 0.293 e. The van der Waals surface area contributed by atoms with E-state index in [-0.39, 0.29) is 17.8 Å². The van der Waals surface area contributed by atoms with Crippen LogP contribution < -0.4 is 5.32 Å². The molecule has 1 saturated heterocycles. The molecule has 1 aliphatic rings. The fraction of sp³-hybridized carbons (Fsp3) is 0.438. The number of benzene rings is 1. The molecule has 2 heterocycles. The standard InChI is InChI=1S/C16H19Cl2N5O/c1-3-13-20-15(16(24)22-8-7-19-9-10(22)2)21-23(13)14-11(17)5-4-6-12(14)18/h4-6,10,19H,3,7-9H2,1-2H3/t10-/m1/s1. The van der Waals surface area contributed by atoms with Gasteiger partial charge < -0.3 is 10.2 Å². The lowest BCUT2D eigenvalue weighted by atomic mass is 10.2. The number of aromatic nitrogens is 3. The first-order chi connectivity index (χ1) is 11.5. The Bertz CT molecular complexity index is 741. The highest BCUT2D eigenvalue weighted by molar-refractivity contribution is 6.37. The summed E-state index contributed by atoms with van der Waals surface area (Å²) in [4.78, 5) is 19.0. The summed E-state index contributed by atoms with van der Waals surface area (Å²) in [6, 6.07) is 5.35. The van der Waals surface area contributed by atoms with E-state index in [4.69, 9.17) is 23.2 Å². The van der Waals surface area contributed by atoms with Gasteiger partial charge in [-0.25, -0.2) is 9.67 Å². The molecule has 1 aromatic heterocycles. The summed E-state index contributed by atoms with van der Waals surface area (Å²) in [5.74, 6) is 0.661. The number of hydrogen-bond acceptors (Lipinski definition) is 4. The van der Waals surface area contributed by atoms with E-state index in [1.165, 1.54) is 0 Å². The maximum atomic E-state index is 12.8. The van der Waals surface area contributed by atoms with Crippen LogP contribution in [-0.4, -0.2) is 51.2 Å². The minimum atomic E-state index is -0.166. The zero-order chi connectivity index (χ0) is 17.3. The Labute approximate surface area is 150 Å². The van der Waals surface area contributed by atoms with Crippen molar-refractivity contribution in [3.63, 3.8) is 0 Å². The summed E-state index contributed by atoms with van der Waals surface area (Å²) in [6.07, 6.45) is 0.610. The monoisotopic (exact) mass is 367 g/mol. The third-order valence-electron chi connectivity index (χ3n) is 4.09. The second-order valence-electron chi connectivity index (χ2n) is 5.74. The van der Waals surface area contributed by atoms with E-state index >= 15 is 0 Å². The first-order valence-corrected chi connectivity index (χ1v) is 8.70. The van der Waals surface area contributed by atoms with Gasteiger partial charge in [-0.05, 0) is 19.1 Å². The minimum Gasteiger partial charge on any atom is -0.331 e. The third kappa shape index (κ3) is 3.14. The summed E-state index contributed by atoms with van der Waals surface area (Å²) in [6.45, 7) is 6.14. The van der Waals surface area contributed by atoms with Crippen LogP contribution in [0.25, 0.3) is 5.69 Å². The fourth-order valence-corrected chi connectivity index (χ4v) is 3.36. The lowest BCUT2D eigenvalue weighted by Gasteiger charge is -2.33. The molecule has 6 nitrogen and oxygen atoms in total. The number of aryl methyl sites for hydroxylation is 1. The molecule has 2 aromatic rings. The van der Waals surface area contributed by atoms with Crippen LogP contribution in [0.3, 0.4) is 0 Å². The Kier molecular flexibility index (Phi) is 5.08. The molecule has 1 amide bonds. The number of nitrogens with one attached hydrogen (secondary N) is 1. The lowest BCUT2D eigenvalue weighted by Crippen LogP contribution is -2.52. The zero-order valence-electron chi connectivity index (χ0n) is 13.6. The van der Waals surface area contributed by atoms with Gasteiger partial charge in [0, 0.05) is 32.1 Å². The van der Waals surface area contributed by atoms with Crippen molar-refractivity contribution in [1.82, 2.24) is 25.0 Å². The number of carbonyl (C=O) groups excluding carboxylic acids is 1. The van der Waals surface area contributed by atoms with Crippen molar-refractivity contribution < 1.29 is 4.79 Å². The Morgan fingerprint density at radius 1 is 1.38 bits per heavy atom. The second-order valence-corrected chi connectivity index (χ2v) is 6.55. The second kappa shape index (κ2) is 7.09.